The first-order chi connectivity index (χ1) is 11.0. The van der Waals surface area contributed by atoms with Crippen LogP contribution in [-0.2, 0) is 0 Å². The third-order valence-corrected chi connectivity index (χ3v) is 4.85. The molecule has 1 aromatic rings. The zero-order valence-corrected chi connectivity index (χ0v) is 15.1. The Balaban J connectivity index is 2.01. The van der Waals surface area contributed by atoms with E-state index in [1.54, 1.807) is 0 Å². The van der Waals surface area contributed by atoms with Crippen LogP contribution in [0.3, 0.4) is 0 Å². The van der Waals surface area contributed by atoms with Gasteiger partial charge in [0.25, 0.3) is 0 Å². The third kappa shape index (κ3) is 3.20. The number of aryl methyl sites for hydroxylation is 1. The van der Waals surface area contributed by atoms with E-state index in [4.69, 9.17) is 4.99 Å². The number of hydrogen-bond acceptors (Lipinski definition) is 3. The molecule has 2 aliphatic rings. The van der Waals surface area contributed by atoms with E-state index < -0.39 is 0 Å². The van der Waals surface area contributed by atoms with Crippen LogP contribution in [0, 0.1) is 6.92 Å². The summed E-state index contributed by atoms with van der Waals surface area (Å²) in [5.41, 5.74) is 5.32. The Bertz CT molecular complexity index is 632. The number of fused-ring (bicyclic) bond motifs is 3. The van der Waals surface area contributed by atoms with Crippen LogP contribution in [0.15, 0.2) is 28.9 Å². The summed E-state index contributed by atoms with van der Waals surface area (Å²) in [4.78, 5) is 9.85. The van der Waals surface area contributed by atoms with E-state index in [9.17, 15) is 0 Å². The number of benzene rings is 1. The van der Waals surface area contributed by atoms with Gasteiger partial charge in [-0.05, 0) is 52.7 Å². The maximum Gasteiger partial charge on any atom is 0.135 e. The van der Waals surface area contributed by atoms with Gasteiger partial charge in [-0.25, -0.2) is 0 Å². The Morgan fingerprint density at radius 1 is 1.17 bits per heavy atom. The number of hydrogen-bond donors (Lipinski definition) is 0. The van der Waals surface area contributed by atoms with Crippen LogP contribution >= 0.6 is 0 Å². The lowest BCUT2D eigenvalue weighted by atomic mass is 9.96. The van der Waals surface area contributed by atoms with Crippen LogP contribution < -0.4 is 0 Å². The van der Waals surface area contributed by atoms with Gasteiger partial charge in [0, 0.05) is 43.0 Å². The molecular formula is C20H29N3. The minimum atomic E-state index is 0.542. The van der Waals surface area contributed by atoms with Gasteiger partial charge in [-0.2, -0.15) is 0 Å². The molecule has 0 aromatic heterocycles. The van der Waals surface area contributed by atoms with Crippen molar-refractivity contribution in [2.24, 2.45) is 4.99 Å². The summed E-state index contributed by atoms with van der Waals surface area (Å²) in [7, 11) is 0. The Morgan fingerprint density at radius 2 is 1.91 bits per heavy atom. The van der Waals surface area contributed by atoms with Crippen molar-refractivity contribution in [2.75, 3.05) is 19.6 Å². The fourth-order valence-electron chi connectivity index (χ4n) is 3.66. The maximum atomic E-state index is 4.85. The van der Waals surface area contributed by atoms with Crippen LogP contribution in [0.4, 0.5) is 0 Å². The molecule has 0 radical (unpaired) electrons. The van der Waals surface area contributed by atoms with E-state index in [1.165, 1.54) is 28.2 Å². The zero-order valence-electron chi connectivity index (χ0n) is 15.1. The minimum absolute atomic E-state index is 0.542. The summed E-state index contributed by atoms with van der Waals surface area (Å²) in [6, 6.07) is 7.80. The molecule has 2 aliphatic heterocycles. The third-order valence-electron chi connectivity index (χ3n) is 4.85. The van der Waals surface area contributed by atoms with Crippen molar-refractivity contribution in [3.63, 3.8) is 0 Å². The van der Waals surface area contributed by atoms with E-state index in [2.05, 4.69) is 68.7 Å². The molecule has 0 bridgehead atoms. The number of nitrogens with zero attached hydrogens (tertiary/aromatic N) is 3. The van der Waals surface area contributed by atoms with Gasteiger partial charge in [0.15, 0.2) is 0 Å². The number of aliphatic imine (C=N–C) groups is 1. The highest BCUT2D eigenvalue weighted by Crippen LogP contribution is 2.29. The van der Waals surface area contributed by atoms with Gasteiger partial charge in [0.05, 0.1) is 0 Å². The lowest BCUT2D eigenvalue weighted by Gasteiger charge is -2.39. The second kappa shape index (κ2) is 6.48. The van der Waals surface area contributed by atoms with Crippen molar-refractivity contribution in [3.8, 4) is 0 Å². The molecule has 2 heterocycles. The summed E-state index contributed by atoms with van der Waals surface area (Å²) in [5.74, 6) is 1.18. The maximum absolute atomic E-state index is 4.85. The van der Waals surface area contributed by atoms with Gasteiger partial charge in [-0.1, -0.05) is 23.8 Å². The van der Waals surface area contributed by atoms with Crippen LogP contribution in [0.1, 0.15) is 50.8 Å². The predicted molar refractivity (Wildman–Crippen MR) is 98.9 cm³/mol. The summed E-state index contributed by atoms with van der Waals surface area (Å²) in [6.45, 7) is 14.3. The van der Waals surface area contributed by atoms with E-state index >= 15 is 0 Å². The first-order valence-electron chi connectivity index (χ1n) is 8.86. The fraction of sp³-hybridized carbons (Fsp3) is 0.550. The molecule has 0 fully saturated rings. The van der Waals surface area contributed by atoms with Crippen LogP contribution in [0.2, 0.25) is 0 Å². The van der Waals surface area contributed by atoms with Crippen molar-refractivity contribution in [1.82, 2.24) is 9.80 Å². The molecule has 0 aliphatic carbocycles. The van der Waals surface area contributed by atoms with Crippen LogP contribution in [-0.4, -0.2) is 47.4 Å². The first-order valence-corrected chi connectivity index (χ1v) is 8.86. The smallest absolute Gasteiger partial charge is 0.135 e. The normalized spacial score (nSPS) is 17.3. The Labute approximate surface area is 140 Å². The predicted octanol–water partition coefficient (Wildman–Crippen LogP) is 3.92. The van der Waals surface area contributed by atoms with E-state index in [0.29, 0.717) is 12.1 Å². The largest absolute Gasteiger partial charge is 0.329 e. The highest BCUT2D eigenvalue weighted by Gasteiger charge is 2.28. The number of rotatable bonds is 4. The summed E-state index contributed by atoms with van der Waals surface area (Å²) in [5, 5.41) is 0. The summed E-state index contributed by atoms with van der Waals surface area (Å²) < 4.78 is 0. The van der Waals surface area contributed by atoms with Crippen molar-refractivity contribution in [2.45, 2.75) is 53.1 Å². The summed E-state index contributed by atoms with van der Waals surface area (Å²) >= 11 is 0. The molecule has 0 unspecified atom stereocenters. The van der Waals surface area contributed by atoms with E-state index in [1.807, 2.05) is 0 Å². The van der Waals surface area contributed by atoms with Gasteiger partial charge < -0.3 is 4.90 Å². The molecule has 0 N–H and O–H groups in total. The van der Waals surface area contributed by atoms with Crippen molar-refractivity contribution in [3.05, 3.63) is 40.6 Å². The monoisotopic (exact) mass is 311 g/mol. The highest BCUT2D eigenvalue weighted by atomic mass is 15.3. The molecule has 1 aromatic carbocycles. The first kappa shape index (κ1) is 16.3. The lowest BCUT2D eigenvalue weighted by molar-refractivity contribution is 0.180. The van der Waals surface area contributed by atoms with Crippen LogP contribution in [0.5, 0.6) is 0 Å². The molecule has 3 rings (SSSR count). The van der Waals surface area contributed by atoms with Gasteiger partial charge in [-0.3, -0.25) is 9.89 Å². The quantitative estimate of drug-likeness (QED) is 0.839. The van der Waals surface area contributed by atoms with Crippen LogP contribution in [0.25, 0.3) is 6.08 Å². The van der Waals surface area contributed by atoms with E-state index in [0.717, 1.165) is 26.1 Å². The molecule has 0 spiro atoms. The molecule has 124 valence electrons. The van der Waals surface area contributed by atoms with E-state index in [-0.39, 0.29) is 0 Å². The van der Waals surface area contributed by atoms with Crippen molar-refractivity contribution in [1.29, 1.82) is 0 Å². The number of amidine groups is 1. The summed E-state index contributed by atoms with van der Waals surface area (Å²) in [6.07, 6.45) is 3.52. The average molecular weight is 311 g/mol. The zero-order chi connectivity index (χ0) is 16.6. The average Bonchev–Trinajstić information content (AvgIpc) is 2.51. The molecule has 0 amide bonds. The molecule has 0 atom stereocenters. The highest BCUT2D eigenvalue weighted by molar-refractivity contribution is 6.05. The molecule has 0 saturated heterocycles. The van der Waals surface area contributed by atoms with Gasteiger partial charge in [-0.15, -0.1) is 0 Å². The molecule has 3 nitrogen and oxygen atoms in total. The second-order valence-electron chi connectivity index (χ2n) is 7.30. The lowest BCUT2D eigenvalue weighted by Crippen LogP contribution is -2.45. The van der Waals surface area contributed by atoms with Gasteiger partial charge in [0.1, 0.15) is 5.84 Å². The molecule has 3 heteroatoms. The second-order valence-corrected chi connectivity index (χ2v) is 7.30. The Kier molecular flexibility index (Phi) is 4.58. The Hall–Kier alpha value is -1.61. The molecule has 23 heavy (non-hydrogen) atoms. The van der Waals surface area contributed by atoms with Crippen molar-refractivity contribution < 1.29 is 0 Å². The molecular weight excluding hydrogens is 282 g/mol. The topological polar surface area (TPSA) is 18.8 Å². The SMILES string of the molecule is Cc1ccc2c(c1)C=C(CN(C(C)C)C(C)C)N1CCCN=C21. The fourth-order valence-corrected chi connectivity index (χ4v) is 3.66. The standard InChI is InChI=1S/C20H29N3/c1-14(2)23(15(3)4)13-18-12-17-11-16(5)7-8-19(17)20-21-9-6-10-22(18)20/h7-8,11-12,14-15H,6,9-10,13H2,1-5H3. The van der Waals surface area contributed by atoms with Crippen molar-refractivity contribution >= 4 is 11.9 Å². The molecule has 0 saturated carbocycles. The Morgan fingerprint density at radius 3 is 2.61 bits per heavy atom. The van der Waals surface area contributed by atoms with Gasteiger partial charge in [0.2, 0.25) is 0 Å². The van der Waals surface area contributed by atoms with Gasteiger partial charge >= 0.3 is 0 Å². The minimum Gasteiger partial charge on any atom is -0.329 e.